The normalized spacial score (nSPS) is 12.1. The summed E-state index contributed by atoms with van der Waals surface area (Å²) in [5, 5.41) is 11.5. The van der Waals surface area contributed by atoms with Crippen molar-refractivity contribution >= 4 is 5.78 Å². The van der Waals surface area contributed by atoms with E-state index in [1.165, 1.54) is 25.4 Å². The Kier molecular flexibility index (Phi) is 9.07. The number of ketones is 1. The largest absolute Gasteiger partial charge is 0.478 e. The average Bonchev–Trinajstić information content (AvgIpc) is 3.25. The second-order valence-electron chi connectivity index (χ2n) is 8.36. The first kappa shape index (κ1) is 29.0. The molecule has 0 aliphatic heterocycles. The lowest BCUT2D eigenvalue weighted by Crippen LogP contribution is -2.12. The number of Topliss-reactive ketones (excluding diaryl/α,β-unsaturated/α-hetero) is 1. The number of ether oxygens (including phenoxy) is 2. The Balaban J connectivity index is 1.74. The molecule has 0 bridgehead atoms. The van der Waals surface area contributed by atoms with Gasteiger partial charge in [0.15, 0.2) is 5.69 Å². The van der Waals surface area contributed by atoms with E-state index in [0.29, 0.717) is 11.3 Å². The standard InChI is InChI=1S/C24H25F6N5O3/c1-4-38-20-12-15(11-19(31-20)23(25,26)27)10-17(36)6-5-16-9-14(2)21(33-32-16)18-13-35(7-8-37-3)34-22(18)24(28,29)30/h9,11-13H,4-8,10H2,1-3H3. The van der Waals surface area contributed by atoms with E-state index in [1.54, 1.807) is 13.8 Å². The van der Waals surface area contributed by atoms with Crippen LogP contribution in [0.15, 0.2) is 24.4 Å². The number of alkyl halides is 6. The van der Waals surface area contributed by atoms with Crippen LogP contribution in [0.25, 0.3) is 11.3 Å². The van der Waals surface area contributed by atoms with Gasteiger partial charge in [0.2, 0.25) is 5.88 Å². The number of carbonyl (C=O) groups excluding carboxylic acids is 1. The highest BCUT2D eigenvalue weighted by molar-refractivity contribution is 5.81. The number of carbonyl (C=O) groups is 1. The molecule has 0 N–H and O–H groups in total. The van der Waals surface area contributed by atoms with E-state index in [-0.39, 0.29) is 67.5 Å². The quantitative estimate of drug-likeness (QED) is 0.318. The highest BCUT2D eigenvalue weighted by Gasteiger charge is 2.38. The molecule has 14 heteroatoms. The fourth-order valence-corrected chi connectivity index (χ4v) is 3.64. The zero-order valence-corrected chi connectivity index (χ0v) is 20.8. The Morgan fingerprint density at radius 1 is 1.05 bits per heavy atom. The minimum absolute atomic E-state index is 0.00372. The number of nitrogens with zero attached hydrogens (tertiary/aromatic N) is 5. The van der Waals surface area contributed by atoms with Crippen molar-refractivity contribution in [2.24, 2.45) is 0 Å². The molecule has 3 rings (SSSR count). The minimum atomic E-state index is -4.71. The van der Waals surface area contributed by atoms with E-state index in [4.69, 9.17) is 9.47 Å². The molecule has 0 unspecified atom stereocenters. The predicted molar refractivity (Wildman–Crippen MR) is 122 cm³/mol. The summed E-state index contributed by atoms with van der Waals surface area (Å²) in [6, 6.07) is 3.59. The van der Waals surface area contributed by atoms with Crippen LogP contribution >= 0.6 is 0 Å². The van der Waals surface area contributed by atoms with Crippen LogP contribution in [0.4, 0.5) is 26.3 Å². The van der Waals surface area contributed by atoms with Crippen molar-refractivity contribution in [3.63, 3.8) is 0 Å². The van der Waals surface area contributed by atoms with E-state index >= 15 is 0 Å². The number of methoxy groups -OCH3 is 1. The van der Waals surface area contributed by atoms with Crippen LogP contribution in [0.2, 0.25) is 0 Å². The van der Waals surface area contributed by atoms with Gasteiger partial charge in [-0.2, -0.15) is 36.5 Å². The first-order valence-corrected chi connectivity index (χ1v) is 11.5. The van der Waals surface area contributed by atoms with Crippen molar-refractivity contribution in [1.29, 1.82) is 0 Å². The van der Waals surface area contributed by atoms with Crippen molar-refractivity contribution in [2.75, 3.05) is 20.3 Å². The summed E-state index contributed by atoms with van der Waals surface area (Å²) in [4.78, 5) is 15.9. The number of halogens is 6. The van der Waals surface area contributed by atoms with Gasteiger partial charge in [-0.25, -0.2) is 4.98 Å². The second kappa shape index (κ2) is 11.9. The van der Waals surface area contributed by atoms with Crippen LogP contribution < -0.4 is 4.74 Å². The maximum atomic E-state index is 13.6. The van der Waals surface area contributed by atoms with Gasteiger partial charge in [0.05, 0.1) is 36.7 Å². The zero-order valence-electron chi connectivity index (χ0n) is 20.8. The van der Waals surface area contributed by atoms with Gasteiger partial charge < -0.3 is 9.47 Å². The van der Waals surface area contributed by atoms with Crippen LogP contribution in [0.5, 0.6) is 5.88 Å². The summed E-state index contributed by atoms with van der Waals surface area (Å²) in [5.74, 6) is -0.597. The van der Waals surface area contributed by atoms with E-state index < -0.39 is 23.7 Å². The number of hydrogen-bond donors (Lipinski definition) is 0. The maximum absolute atomic E-state index is 13.6. The number of aromatic nitrogens is 5. The van der Waals surface area contributed by atoms with Crippen LogP contribution in [0.1, 0.15) is 41.6 Å². The van der Waals surface area contributed by atoms with Gasteiger partial charge in [-0.3, -0.25) is 9.48 Å². The summed E-state index contributed by atoms with van der Waals surface area (Å²) in [6.07, 6.45) is -8.44. The summed E-state index contributed by atoms with van der Waals surface area (Å²) < 4.78 is 91.2. The Hall–Kier alpha value is -3.55. The topological polar surface area (TPSA) is 92.0 Å². The monoisotopic (exact) mass is 545 g/mol. The summed E-state index contributed by atoms with van der Waals surface area (Å²) >= 11 is 0. The number of pyridine rings is 1. The SMILES string of the molecule is CCOc1cc(CC(=O)CCc2cc(C)c(-c3cn(CCOC)nc3C(F)(F)F)nn2)cc(C(F)(F)F)n1. The minimum Gasteiger partial charge on any atom is -0.478 e. The third-order valence-corrected chi connectivity index (χ3v) is 5.35. The number of rotatable bonds is 11. The van der Waals surface area contributed by atoms with E-state index in [9.17, 15) is 31.1 Å². The molecule has 0 saturated heterocycles. The molecule has 0 amide bonds. The van der Waals surface area contributed by atoms with Gasteiger partial charge in [-0.1, -0.05) is 0 Å². The number of hydrogen-bond acceptors (Lipinski definition) is 7. The molecule has 206 valence electrons. The van der Waals surface area contributed by atoms with Gasteiger partial charge in [-0.05, 0) is 43.5 Å². The van der Waals surface area contributed by atoms with E-state index in [2.05, 4.69) is 20.3 Å². The fraction of sp³-hybridized carbons (Fsp3) is 0.458. The molecule has 0 atom stereocenters. The van der Waals surface area contributed by atoms with E-state index in [1.807, 2.05) is 0 Å². The van der Waals surface area contributed by atoms with Crippen molar-refractivity contribution in [3.8, 4) is 17.1 Å². The van der Waals surface area contributed by atoms with Gasteiger partial charge in [-0.15, -0.1) is 5.10 Å². The first-order chi connectivity index (χ1) is 17.8. The molecule has 0 radical (unpaired) electrons. The Labute approximate surface area is 214 Å². The van der Waals surface area contributed by atoms with E-state index in [0.717, 1.165) is 10.7 Å². The highest BCUT2D eigenvalue weighted by Crippen LogP contribution is 2.36. The summed E-state index contributed by atoms with van der Waals surface area (Å²) in [6.45, 7) is 3.54. The van der Waals surface area contributed by atoms with Crippen LogP contribution in [-0.2, 0) is 41.3 Å². The average molecular weight is 545 g/mol. The molecule has 0 aromatic carbocycles. The van der Waals surface area contributed by atoms with Crippen molar-refractivity contribution in [2.45, 2.75) is 52.0 Å². The predicted octanol–water partition coefficient (Wildman–Crippen LogP) is 4.87. The molecular weight excluding hydrogens is 520 g/mol. The fourth-order valence-electron chi connectivity index (χ4n) is 3.64. The molecule has 0 aliphatic carbocycles. The molecule has 3 heterocycles. The van der Waals surface area contributed by atoms with Crippen molar-refractivity contribution in [3.05, 3.63) is 52.6 Å². The molecule has 0 spiro atoms. The Bertz CT molecular complexity index is 1270. The third kappa shape index (κ3) is 7.49. The van der Waals surface area contributed by atoms with Crippen molar-refractivity contribution < 1.29 is 40.6 Å². The Morgan fingerprint density at radius 2 is 1.79 bits per heavy atom. The van der Waals surface area contributed by atoms with Crippen LogP contribution in [0, 0.1) is 6.92 Å². The third-order valence-electron chi connectivity index (χ3n) is 5.35. The Morgan fingerprint density at radius 3 is 2.39 bits per heavy atom. The molecule has 3 aromatic heterocycles. The maximum Gasteiger partial charge on any atom is 0.435 e. The summed E-state index contributed by atoms with van der Waals surface area (Å²) in [7, 11) is 1.42. The molecule has 3 aromatic rings. The molecular formula is C24H25F6N5O3. The van der Waals surface area contributed by atoms with Crippen LogP contribution in [-0.4, -0.2) is 51.1 Å². The molecule has 0 fully saturated rings. The number of aryl methyl sites for hydroxylation is 2. The van der Waals surface area contributed by atoms with Gasteiger partial charge in [0.1, 0.15) is 11.5 Å². The lowest BCUT2D eigenvalue weighted by Gasteiger charge is -2.11. The second-order valence-corrected chi connectivity index (χ2v) is 8.36. The molecule has 8 nitrogen and oxygen atoms in total. The lowest BCUT2D eigenvalue weighted by molar-refractivity contribution is -0.142. The van der Waals surface area contributed by atoms with Gasteiger partial charge in [0.25, 0.3) is 0 Å². The molecule has 0 aliphatic rings. The van der Waals surface area contributed by atoms with Crippen molar-refractivity contribution in [1.82, 2.24) is 25.0 Å². The smallest absolute Gasteiger partial charge is 0.435 e. The summed E-state index contributed by atoms with van der Waals surface area (Å²) in [5.41, 5.74) is -1.66. The molecule has 38 heavy (non-hydrogen) atoms. The first-order valence-electron chi connectivity index (χ1n) is 11.5. The van der Waals surface area contributed by atoms with Gasteiger partial charge in [0, 0.05) is 32.2 Å². The highest BCUT2D eigenvalue weighted by atomic mass is 19.4. The van der Waals surface area contributed by atoms with Gasteiger partial charge >= 0.3 is 12.4 Å². The van der Waals surface area contributed by atoms with Crippen LogP contribution in [0.3, 0.4) is 0 Å². The lowest BCUT2D eigenvalue weighted by atomic mass is 10.0. The zero-order chi connectivity index (χ0) is 28.1. The molecule has 0 saturated carbocycles.